The molecule has 4 rings (SSSR count). The van der Waals surface area contributed by atoms with E-state index in [1.54, 1.807) is 30.7 Å². The molecule has 0 saturated carbocycles. The van der Waals surface area contributed by atoms with Gasteiger partial charge in [0.1, 0.15) is 5.76 Å². The lowest BCUT2D eigenvalue weighted by Gasteiger charge is -2.23. The van der Waals surface area contributed by atoms with E-state index < -0.39 is 0 Å². The van der Waals surface area contributed by atoms with E-state index in [2.05, 4.69) is 26.6 Å². The first-order chi connectivity index (χ1) is 14.7. The normalized spacial score (nSPS) is 17.9. The highest BCUT2D eigenvalue weighted by Gasteiger charge is 2.19. The number of aromatic nitrogens is 4. The van der Waals surface area contributed by atoms with Crippen molar-refractivity contribution < 1.29 is 4.74 Å². The van der Waals surface area contributed by atoms with Crippen molar-refractivity contribution in [2.75, 3.05) is 25.5 Å². The molecular weight excluding hydrogens is 396 g/mol. The fraction of sp³-hybridized carbons (Fsp3) is 0.318. The van der Waals surface area contributed by atoms with Gasteiger partial charge in [0.25, 0.3) is 0 Å². The number of allylic oxidation sites excluding steroid dienone is 4. The molecule has 1 fully saturated rings. The molecule has 4 heterocycles. The number of nitrogens with one attached hydrogen (secondary N) is 2. The number of thiazole rings is 1. The summed E-state index contributed by atoms with van der Waals surface area (Å²) in [5.74, 6) is 1.36. The lowest BCUT2D eigenvalue weighted by molar-refractivity contribution is 0.307. The number of nitrogens with zero attached hydrogens (tertiary/aromatic N) is 4. The number of imidazole rings is 1. The Bertz CT molecular complexity index is 1090. The molecule has 1 atom stereocenters. The third-order valence-corrected chi connectivity index (χ3v) is 5.80. The number of rotatable bonds is 7. The van der Waals surface area contributed by atoms with Gasteiger partial charge in [0, 0.05) is 30.4 Å². The Morgan fingerprint density at radius 2 is 2.33 bits per heavy atom. The smallest absolute Gasteiger partial charge is 0.223 e. The molecule has 2 N–H and O–H groups in total. The molecule has 0 aromatic carbocycles. The van der Waals surface area contributed by atoms with Crippen molar-refractivity contribution in [3.05, 3.63) is 60.1 Å². The summed E-state index contributed by atoms with van der Waals surface area (Å²) >= 11 is 1.60. The lowest BCUT2D eigenvalue weighted by atomic mass is 10.1. The monoisotopic (exact) mass is 422 g/mol. The van der Waals surface area contributed by atoms with Crippen LogP contribution in [0, 0.1) is 0 Å². The summed E-state index contributed by atoms with van der Waals surface area (Å²) in [6, 6.07) is 2.27. The fourth-order valence-electron chi connectivity index (χ4n) is 3.60. The highest BCUT2D eigenvalue weighted by atomic mass is 32.1. The van der Waals surface area contributed by atoms with E-state index in [0.717, 1.165) is 59.3 Å². The van der Waals surface area contributed by atoms with Crippen molar-refractivity contribution in [1.82, 2.24) is 24.7 Å². The number of hydrogen-bond donors (Lipinski definition) is 2. The first kappa shape index (κ1) is 20.3. The number of ether oxygens (including phenoxy) is 1. The quantitative estimate of drug-likeness (QED) is 0.440. The molecule has 1 aliphatic heterocycles. The molecule has 0 aliphatic carbocycles. The zero-order valence-electron chi connectivity index (χ0n) is 17.3. The molecule has 0 spiro atoms. The van der Waals surface area contributed by atoms with Gasteiger partial charge < -0.3 is 15.4 Å². The van der Waals surface area contributed by atoms with Gasteiger partial charge in [-0.2, -0.15) is 0 Å². The Kier molecular flexibility index (Phi) is 6.25. The third kappa shape index (κ3) is 4.29. The van der Waals surface area contributed by atoms with Gasteiger partial charge in [-0.25, -0.2) is 15.0 Å². The van der Waals surface area contributed by atoms with Crippen molar-refractivity contribution in [1.29, 1.82) is 0 Å². The Morgan fingerprint density at radius 3 is 3.10 bits per heavy atom. The lowest BCUT2D eigenvalue weighted by Crippen LogP contribution is -2.38. The summed E-state index contributed by atoms with van der Waals surface area (Å²) < 4.78 is 7.51. The predicted molar refractivity (Wildman–Crippen MR) is 123 cm³/mol. The number of methoxy groups -OCH3 is 1. The van der Waals surface area contributed by atoms with Crippen LogP contribution in [-0.2, 0) is 4.74 Å². The van der Waals surface area contributed by atoms with Crippen LogP contribution in [0.5, 0.6) is 0 Å². The Balaban J connectivity index is 1.73. The van der Waals surface area contributed by atoms with E-state index in [9.17, 15) is 0 Å². The second-order valence-corrected chi connectivity index (χ2v) is 8.03. The minimum Gasteiger partial charge on any atom is -0.497 e. The summed E-state index contributed by atoms with van der Waals surface area (Å²) in [6.07, 6.45) is 11.6. The van der Waals surface area contributed by atoms with Gasteiger partial charge in [-0.1, -0.05) is 12.7 Å². The van der Waals surface area contributed by atoms with Gasteiger partial charge >= 0.3 is 0 Å². The van der Waals surface area contributed by atoms with Crippen molar-refractivity contribution in [3.8, 4) is 11.4 Å². The van der Waals surface area contributed by atoms with Gasteiger partial charge in [-0.15, -0.1) is 11.3 Å². The largest absolute Gasteiger partial charge is 0.497 e. The molecule has 30 heavy (non-hydrogen) atoms. The second kappa shape index (κ2) is 9.23. The zero-order chi connectivity index (χ0) is 20.9. The van der Waals surface area contributed by atoms with E-state index in [4.69, 9.17) is 14.7 Å². The van der Waals surface area contributed by atoms with Gasteiger partial charge in [0.15, 0.2) is 4.96 Å². The predicted octanol–water partition coefficient (Wildman–Crippen LogP) is 4.14. The molecule has 0 bridgehead atoms. The molecule has 0 amide bonds. The average molecular weight is 423 g/mol. The van der Waals surface area contributed by atoms with E-state index >= 15 is 0 Å². The van der Waals surface area contributed by atoms with Crippen LogP contribution in [0.1, 0.15) is 25.5 Å². The molecule has 1 unspecified atom stereocenters. The molecule has 8 heteroatoms. The molecule has 0 radical (unpaired) electrons. The van der Waals surface area contributed by atoms with Gasteiger partial charge in [-0.3, -0.25) is 4.40 Å². The average Bonchev–Trinajstić information content (AvgIpc) is 3.35. The van der Waals surface area contributed by atoms with E-state index in [-0.39, 0.29) is 0 Å². The minimum absolute atomic E-state index is 0.343. The van der Waals surface area contributed by atoms with Crippen LogP contribution in [-0.4, -0.2) is 45.6 Å². The highest BCUT2D eigenvalue weighted by Crippen LogP contribution is 2.31. The molecule has 1 aliphatic rings. The number of piperidine rings is 1. The highest BCUT2D eigenvalue weighted by molar-refractivity contribution is 7.15. The first-order valence-corrected chi connectivity index (χ1v) is 10.9. The maximum atomic E-state index is 5.43. The number of anilines is 1. The standard InChI is InChI=1S/C22H26N6OS/c1-4-6-17(29-3)13-15(2)19-20(28-11-12-30-22(28)27-19)18-8-10-24-21(26-18)25-16-7-5-9-23-14-16/h4,6,8,10-13,16,23H,1,5,7,9,14H2,2-3H3,(H,24,25,26)/b15-13+,17-6+. The Labute approximate surface area is 180 Å². The number of fused-ring (bicyclic) bond motifs is 1. The third-order valence-electron chi connectivity index (χ3n) is 5.04. The summed E-state index contributed by atoms with van der Waals surface area (Å²) in [4.78, 5) is 15.0. The summed E-state index contributed by atoms with van der Waals surface area (Å²) in [7, 11) is 1.65. The van der Waals surface area contributed by atoms with Crippen LogP contribution < -0.4 is 10.6 Å². The van der Waals surface area contributed by atoms with Crippen LogP contribution in [0.15, 0.2) is 54.4 Å². The van der Waals surface area contributed by atoms with Crippen LogP contribution in [0.4, 0.5) is 5.95 Å². The number of hydrogen-bond acceptors (Lipinski definition) is 7. The van der Waals surface area contributed by atoms with Gasteiger partial charge in [0.05, 0.1) is 24.2 Å². The van der Waals surface area contributed by atoms with Crippen molar-refractivity contribution in [2.24, 2.45) is 0 Å². The summed E-state index contributed by atoms with van der Waals surface area (Å²) in [5, 5.41) is 8.91. The van der Waals surface area contributed by atoms with E-state index in [1.165, 1.54) is 0 Å². The van der Waals surface area contributed by atoms with Crippen LogP contribution in [0.2, 0.25) is 0 Å². The molecule has 3 aromatic rings. The maximum absolute atomic E-state index is 5.43. The molecule has 156 valence electrons. The van der Waals surface area contributed by atoms with E-state index in [1.807, 2.05) is 36.7 Å². The van der Waals surface area contributed by atoms with E-state index in [0.29, 0.717) is 12.0 Å². The van der Waals surface area contributed by atoms with Gasteiger partial charge in [0.2, 0.25) is 5.95 Å². The summed E-state index contributed by atoms with van der Waals surface area (Å²) in [6.45, 7) is 7.77. The minimum atomic E-state index is 0.343. The fourth-order valence-corrected chi connectivity index (χ4v) is 4.31. The van der Waals surface area contributed by atoms with Crippen LogP contribution in [0.25, 0.3) is 21.9 Å². The maximum Gasteiger partial charge on any atom is 0.223 e. The van der Waals surface area contributed by atoms with Crippen molar-refractivity contribution in [3.63, 3.8) is 0 Å². The molecular formula is C22H26N6OS. The Hall–Kier alpha value is -2.97. The summed E-state index contributed by atoms with van der Waals surface area (Å²) in [5.41, 5.74) is 3.64. The first-order valence-electron chi connectivity index (χ1n) is 10.0. The van der Waals surface area contributed by atoms with Gasteiger partial charge in [-0.05, 0) is 50.1 Å². The topological polar surface area (TPSA) is 76.4 Å². The molecule has 1 saturated heterocycles. The van der Waals surface area contributed by atoms with Crippen LogP contribution >= 0.6 is 11.3 Å². The SMILES string of the molecule is C=C/C=C(\C=C(/C)c1nc2sccn2c1-c1ccnc(NC2CCCNC2)n1)OC. The second-order valence-electron chi connectivity index (χ2n) is 7.15. The van der Waals surface area contributed by atoms with Crippen molar-refractivity contribution >= 4 is 27.8 Å². The zero-order valence-corrected chi connectivity index (χ0v) is 18.1. The van der Waals surface area contributed by atoms with Crippen molar-refractivity contribution in [2.45, 2.75) is 25.8 Å². The molecule has 3 aromatic heterocycles. The molecule has 7 nitrogen and oxygen atoms in total. The Morgan fingerprint density at radius 1 is 1.43 bits per heavy atom. The van der Waals surface area contributed by atoms with Crippen LogP contribution in [0.3, 0.4) is 0 Å².